The second kappa shape index (κ2) is 7.03. The van der Waals surface area contributed by atoms with Crippen molar-refractivity contribution in [3.63, 3.8) is 0 Å². The first-order valence-corrected chi connectivity index (χ1v) is 10.7. The Bertz CT molecular complexity index is 1090. The molecular formula is C19H22N4O3S. The maximum Gasteiger partial charge on any atom is 0.175 e. The van der Waals surface area contributed by atoms with Gasteiger partial charge in [-0.15, -0.1) is 0 Å². The van der Waals surface area contributed by atoms with Crippen LogP contribution < -0.4 is 5.32 Å². The van der Waals surface area contributed by atoms with Crippen LogP contribution in [0.2, 0.25) is 0 Å². The summed E-state index contributed by atoms with van der Waals surface area (Å²) in [6, 6.07) is 9.19. The zero-order valence-corrected chi connectivity index (χ0v) is 16.2. The quantitative estimate of drug-likeness (QED) is 0.722. The Kier molecular flexibility index (Phi) is 4.71. The van der Waals surface area contributed by atoms with Gasteiger partial charge in [-0.3, -0.25) is 4.98 Å². The van der Waals surface area contributed by atoms with Crippen molar-refractivity contribution in [3.05, 3.63) is 53.6 Å². The van der Waals surface area contributed by atoms with Gasteiger partial charge < -0.3 is 14.6 Å². The molecule has 0 saturated carbocycles. The molecule has 0 fully saturated rings. The van der Waals surface area contributed by atoms with E-state index in [1.807, 2.05) is 12.1 Å². The topological polar surface area (TPSA) is 86.1 Å². The summed E-state index contributed by atoms with van der Waals surface area (Å²) in [5, 5.41) is 3.46. The molecule has 0 spiro atoms. The SMILES string of the molecule is Cc1cccnc1CNC[C@H]1COCc2nc3cc(S(C)(=O)=O)ccc3n21. The maximum absolute atomic E-state index is 11.8. The molecule has 3 aromatic rings. The molecule has 1 aliphatic rings. The molecule has 27 heavy (non-hydrogen) atoms. The summed E-state index contributed by atoms with van der Waals surface area (Å²) in [7, 11) is -3.26. The van der Waals surface area contributed by atoms with E-state index in [0.29, 0.717) is 31.8 Å². The van der Waals surface area contributed by atoms with Crippen LogP contribution in [0, 0.1) is 6.92 Å². The van der Waals surface area contributed by atoms with E-state index in [1.165, 1.54) is 6.26 Å². The fraction of sp³-hybridized carbons (Fsp3) is 0.368. The number of aryl methyl sites for hydroxylation is 1. The predicted molar refractivity (Wildman–Crippen MR) is 102 cm³/mol. The number of hydrogen-bond donors (Lipinski definition) is 1. The van der Waals surface area contributed by atoms with E-state index in [4.69, 9.17) is 4.74 Å². The van der Waals surface area contributed by atoms with Crippen molar-refractivity contribution in [2.24, 2.45) is 0 Å². The summed E-state index contributed by atoms with van der Waals surface area (Å²) < 4.78 is 31.5. The molecule has 1 atom stereocenters. The van der Waals surface area contributed by atoms with Crippen molar-refractivity contribution in [3.8, 4) is 0 Å². The van der Waals surface area contributed by atoms with Crippen LogP contribution in [0.5, 0.6) is 0 Å². The summed E-state index contributed by atoms with van der Waals surface area (Å²) >= 11 is 0. The summed E-state index contributed by atoms with van der Waals surface area (Å²) in [5.74, 6) is 0.822. The number of rotatable bonds is 5. The number of imidazole rings is 1. The Morgan fingerprint density at radius 2 is 2.19 bits per heavy atom. The van der Waals surface area contributed by atoms with Gasteiger partial charge in [0.05, 0.1) is 34.3 Å². The molecule has 142 valence electrons. The largest absolute Gasteiger partial charge is 0.371 e. The average Bonchev–Trinajstić information content (AvgIpc) is 3.01. The lowest BCUT2D eigenvalue weighted by molar-refractivity contribution is 0.0563. The van der Waals surface area contributed by atoms with Crippen LogP contribution in [0.4, 0.5) is 0 Å². The van der Waals surface area contributed by atoms with Crippen molar-refractivity contribution < 1.29 is 13.2 Å². The van der Waals surface area contributed by atoms with Gasteiger partial charge in [0.25, 0.3) is 0 Å². The van der Waals surface area contributed by atoms with Gasteiger partial charge in [0.1, 0.15) is 12.4 Å². The summed E-state index contributed by atoms with van der Waals surface area (Å²) in [5.41, 5.74) is 3.81. The number of fused-ring (bicyclic) bond motifs is 3. The van der Waals surface area contributed by atoms with Crippen molar-refractivity contribution >= 4 is 20.9 Å². The monoisotopic (exact) mass is 386 g/mol. The van der Waals surface area contributed by atoms with Gasteiger partial charge in [-0.25, -0.2) is 13.4 Å². The molecule has 1 aliphatic heterocycles. The molecule has 3 heterocycles. The standard InChI is InChI=1S/C19H22N4O3S/c1-13-4-3-7-21-17(13)10-20-9-14-11-26-12-19-22-16-8-15(27(2,24)25)5-6-18(16)23(14)19/h3-8,14,20H,9-12H2,1-2H3/t14-/m0/s1. The second-order valence-corrected chi connectivity index (χ2v) is 8.90. The Morgan fingerprint density at radius 1 is 1.33 bits per heavy atom. The lowest BCUT2D eigenvalue weighted by atomic mass is 10.2. The maximum atomic E-state index is 11.8. The third-order valence-electron chi connectivity index (χ3n) is 4.86. The van der Waals surface area contributed by atoms with E-state index >= 15 is 0 Å². The van der Waals surface area contributed by atoms with Crippen LogP contribution in [-0.2, 0) is 27.7 Å². The zero-order valence-electron chi connectivity index (χ0n) is 15.3. The molecule has 0 unspecified atom stereocenters. The lowest BCUT2D eigenvalue weighted by Gasteiger charge is -2.26. The van der Waals surface area contributed by atoms with Crippen LogP contribution >= 0.6 is 0 Å². The highest BCUT2D eigenvalue weighted by Crippen LogP contribution is 2.27. The molecule has 0 saturated heterocycles. The number of pyridine rings is 1. The zero-order chi connectivity index (χ0) is 19.0. The molecule has 1 aromatic carbocycles. The predicted octanol–water partition coefficient (Wildman–Crippen LogP) is 2.00. The Balaban J connectivity index is 1.58. The van der Waals surface area contributed by atoms with Crippen LogP contribution in [0.1, 0.15) is 23.1 Å². The fourth-order valence-corrected chi connectivity index (χ4v) is 4.08. The van der Waals surface area contributed by atoms with Crippen molar-refractivity contribution in [2.45, 2.75) is 31.0 Å². The normalized spacial score (nSPS) is 17.2. The van der Waals surface area contributed by atoms with Crippen LogP contribution in [0.3, 0.4) is 0 Å². The van der Waals surface area contributed by atoms with E-state index in [1.54, 1.807) is 18.3 Å². The molecule has 2 aromatic heterocycles. The second-order valence-electron chi connectivity index (χ2n) is 6.89. The number of sulfone groups is 1. The van der Waals surface area contributed by atoms with E-state index in [-0.39, 0.29) is 10.9 Å². The molecule has 8 heteroatoms. The Hall–Kier alpha value is -2.29. The van der Waals surface area contributed by atoms with E-state index in [2.05, 4.69) is 32.8 Å². The van der Waals surface area contributed by atoms with E-state index < -0.39 is 9.84 Å². The average molecular weight is 386 g/mol. The summed E-state index contributed by atoms with van der Waals surface area (Å²) in [4.78, 5) is 9.28. The first kappa shape index (κ1) is 18.1. The smallest absolute Gasteiger partial charge is 0.175 e. The number of benzene rings is 1. The minimum absolute atomic E-state index is 0.0897. The molecule has 0 amide bonds. The Morgan fingerprint density at radius 3 is 2.96 bits per heavy atom. The molecule has 0 radical (unpaired) electrons. The minimum Gasteiger partial charge on any atom is -0.371 e. The van der Waals surface area contributed by atoms with Crippen LogP contribution in [-0.4, -0.2) is 42.4 Å². The van der Waals surface area contributed by atoms with Crippen LogP contribution in [0.25, 0.3) is 11.0 Å². The molecular weight excluding hydrogens is 364 g/mol. The first-order chi connectivity index (χ1) is 12.9. The van der Waals surface area contributed by atoms with E-state index in [0.717, 1.165) is 22.6 Å². The third kappa shape index (κ3) is 3.60. The highest BCUT2D eigenvalue weighted by molar-refractivity contribution is 7.90. The number of nitrogens with one attached hydrogen (secondary N) is 1. The van der Waals surface area contributed by atoms with Gasteiger partial charge in [-0.05, 0) is 36.8 Å². The van der Waals surface area contributed by atoms with Gasteiger partial charge in [0, 0.05) is 25.5 Å². The molecule has 0 aliphatic carbocycles. The first-order valence-electron chi connectivity index (χ1n) is 8.83. The third-order valence-corrected chi connectivity index (χ3v) is 5.97. The number of ether oxygens (including phenoxy) is 1. The van der Waals surface area contributed by atoms with Gasteiger partial charge in [-0.1, -0.05) is 6.07 Å². The number of hydrogen-bond acceptors (Lipinski definition) is 6. The fourth-order valence-electron chi connectivity index (χ4n) is 3.44. The molecule has 7 nitrogen and oxygen atoms in total. The molecule has 1 N–H and O–H groups in total. The van der Waals surface area contributed by atoms with Gasteiger partial charge in [0.2, 0.25) is 0 Å². The van der Waals surface area contributed by atoms with Gasteiger partial charge in [0.15, 0.2) is 9.84 Å². The van der Waals surface area contributed by atoms with E-state index in [9.17, 15) is 8.42 Å². The van der Waals surface area contributed by atoms with Crippen molar-refractivity contribution in [1.82, 2.24) is 19.9 Å². The Labute approximate surface area is 158 Å². The van der Waals surface area contributed by atoms with Gasteiger partial charge >= 0.3 is 0 Å². The lowest BCUT2D eigenvalue weighted by Crippen LogP contribution is -2.32. The van der Waals surface area contributed by atoms with Crippen molar-refractivity contribution in [2.75, 3.05) is 19.4 Å². The minimum atomic E-state index is -3.26. The highest BCUT2D eigenvalue weighted by atomic mass is 32.2. The van der Waals surface area contributed by atoms with Crippen molar-refractivity contribution in [1.29, 1.82) is 0 Å². The molecule has 0 bridgehead atoms. The highest BCUT2D eigenvalue weighted by Gasteiger charge is 2.24. The molecule has 4 rings (SSSR count). The van der Waals surface area contributed by atoms with Crippen LogP contribution in [0.15, 0.2) is 41.4 Å². The summed E-state index contributed by atoms with van der Waals surface area (Å²) in [6.45, 7) is 4.46. The van der Waals surface area contributed by atoms with Gasteiger partial charge in [-0.2, -0.15) is 0 Å². The summed E-state index contributed by atoms with van der Waals surface area (Å²) in [6.07, 6.45) is 3.01. The number of nitrogens with zero attached hydrogens (tertiary/aromatic N) is 3. The number of aromatic nitrogens is 3.